The third-order valence-corrected chi connectivity index (χ3v) is 6.05. The van der Waals surface area contributed by atoms with E-state index < -0.39 is 12.0 Å². The van der Waals surface area contributed by atoms with Crippen molar-refractivity contribution >= 4 is 17.7 Å². The first-order valence-electron chi connectivity index (χ1n) is 13.0. The number of aromatic nitrogens is 3. The van der Waals surface area contributed by atoms with Crippen molar-refractivity contribution in [2.45, 2.75) is 129 Å². The van der Waals surface area contributed by atoms with Gasteiger partial charge in [0.15, 0.2) is 0 Å². The largest absolute Gasteiger partial charge is 0.480 e. The quantitative estimate of drug-likeness (QED) is 0.206. The summed E-state index contributed by atoms with van der Waals surface area (Å²) in [6, 6.07) is -0.964. The van der Waals surface area contributed by atoms with Crippen molar-refractivity contribution in [3.63, 3.8) is 0 Å². The Kier molecular flexibility index (Phi) is 16.1. The smallest absolute Gasteiger partial charge is 0.326 e. The van der Waals surface area contributed by atoms with Crippen LogP contribution >= 0.6 is 0 Å². The fourth-order valence-corrected chi connectivity index (χ4v) is 4.05. The molecule has 1 atom stereocenters. The second kappa shape index (κ2) is 18.3. The molecule has 0 aliphatic rings. The number of aryl methyl sites for hydroxylation is 2. The Bertz CT molecular complexity index is 656. The predicted octanol–water partition coefficient (Wildman–Crippen LogP) is 5.08. The molecule has 0 aliphatic heterocycles. The van der Waals surface area contributed by atoms with E-state index in [2.05, 4.69) is 15.5 Å². The van der Waals surface area contributed by atoms with Gasteiger partial charge in [-0.3, -0.25) is 9.89 Å². The number of carboxylic acid groups (broad SMARTS) is 1. The average Bonchev–Trinajstić information content (AvgIpc) is 2.74. The van der Waals surface area contributed by atoms with Gasteiger partial charge in [-0.2, -0.15) is 0 Å². The molecule has 1 aromatic rings. The zero-order valence-electron chi connectivity index (χ0n) is 20.9. The van der Waals surface area contributed by atoms with Gasteiger partial charge >= 0.3 is 5.97 Å². The highest BCUT2D eigenvalue weighted by molar-refractivity contribution is 5.84. The zero-order valence-corrected chi connectivity index (χ0v) is 20.9. The van der Waals surface area contributed by atoms with E-state index in [0.717, 1.165) is 31.5 Å². The second-order valence-corrected chi connectivity index (χ2v) is 9.33. The summed E-state index contributed by atoms with van der Waals surface area (Å²) >= 11 is 0. The third kappa shape index (κ3) is 16.2. The lowest BCUT2D eigenvalue weighted by Gasteiger charge is -2.13. The lowest BCUT2D eigenvalue weighted by molar-refractivity contribution is -0.142. The molecular formula is C25H46N4O4. The molecule has 33 heavy (non-hydrogen) atoms. The first kappa shape index (κ1) is 28.9. The number of aromatic amines is 1. The molecule has 0 unspecified atom stereocenters. The normalized spacial score (nSPS) is 12.1. The molecule has 0 saturated carbocycles. The number of nitrogens with one attached hydrogen (secondary N) is 2. The van der Waals surface area contributed by atoms with Crippen LogP contribution in [0.5, 0.6) is 0 Å². The van der Waals surface area contributed by atoms with Gasteiger partial charge in [0.1, 0.15) is 17.6 Å². The molecule has 1 heterocycles. The Morgan fingerprint density at radius 2 is 1.30 bits per heavy atom. The second-order valence-electron chi connectivity index (χ2n) is 9.33. The summed E-state index contributed by atoms with van der Waals surface area (Å²) in [5.74, 6) is -0.257. The van der Waals surface area contributed by atoms with Gasteiger partial charge in [0.25, 0.3) is 0 Å². The molecule has 0 aromatic carbocycles. The minimum Gasteiger partial charge on any atom is -0.480 e. The number of rotatable bonds is 22. The SMILES string of the molecule is CC(=O)CC[C@H](NC(=O)CCCCCCCCCCCCCCCCc1nn(C)[nH]1)C(=O)O. The number of carbonyl (C=O) groups excluding carboxylic acids is 2. The maximum atomic E-state index is 11.9. The van der Waals surface area contributed by atoms with Crippen LogP contribution in [-0.2, 0) is 27.9 Å². The number of H-pyrrole nitrogens is 1. The summed E-state index contributed by atoms with van der Waals surface area (Å²) in [6.07, 6.45) is 19.0. The molecule has 190 valence electrons. The van der Waals surface area contributed by atoms with Gasteiger partial charge in [0.05, 0.1) is 0 Å². The van der Waals surface area contributed by atoms with Crippen molar-refractivity contribution in [1.82, 2.24) is 20.3 Å². The monoisotopic (exact) mass is 466 g/mol. The Labute approximate surface area is 199 Å². The number of carbonyl (C=O) groups is 3. The fourth-order valence-electron chi connectivity index (χ4n) is 4.05. The number of Topliss-reactive ketones (excluding diaryl/α,β-unsaturated/α-hetero) is 1. The number of carboxylic acids is 1. The number of aliphatic carboxylic acids is 1. The van der Waals surface area contributed by atoms with E-state index in [1.165, 1.54) is 77.6 Å². The lowest BCUT2D eigenvalue weighted by atomic mass is 10.0. The summed E-state index contributed by atoms with van der Waals surface area (Å²) in [4.78, 5) is 35.8. The molecule has 0 fully saturated rings. The third-order valence-electron chi connectivity index (χ3n) is 6.05. The maximum absolute atomic E-state index is 11.9. The highest BCUT2D eigenvalue weighted by Gasteiger charge is 2.19. The van der Waals surface area contributed by atoms with E-state index in [0.29, 0.717) is 6.42 Å². The molecule has 0 aliphatic carbocycles. The van der Waals surface area contributed by atoms with Crippen LogP contribution < -0.4 is 5.32 Å². The molecule has 8 nitrogen and oxygen atoms in total. The highest BCUT2D eigenvalue weighted by Crippen LogP contribution is 2.14. The van der Waals surface area contributed by atoms with Crippen LogP contribution in [0.15, 0.2) is 0 Å². The van der Waals surface area contributed by atoms with Gasteiger partial charge in [-0.05, 0) is 26.2 Å². The lowest BCUT2D eigenvalue weighted by Crippen LogP contribution is -2.40. The maximum Gasteiger partial charge on any atom is 0.326 e. The first-order chi connectivity index (χ1) is 15.9. The van der Waals surface area contributed by atoms with Crippen molar-refractivity contribution in [3.8, 4) is 0 Å². The molecule has 0 bridgehead atoms. The summed E-state index contributed by atoms with van der Waals surface area (Å²) in [5.41, 5.74) is 0. The van der Waals surface area contributed by atoms with E-state index in [1.807, 2.05) is 7.05 Å². The Morgan fingerprint density at radius 3 is 1.73 bits per heavy atom. The fraction of sp³-hybridized carbons (Fsp3) is 0.840. The van der Waals surface area contributed by atoms with Crippen LogP contribution in [0.2, 0.25) is 0 Å². The Hall–Kier alpha value is -2.12. The summed E-state index contributed by atoms with van der Waals surface area (Å²) in [6.45, 7) is 1.43. The van der Waals surface area contributed by atoms with Gasteiger partial charge in [-0.15, -0.1) is 5.10 Å². The van der Waals surface area contributed by atoms with Crippen LogP contribution in [0.1, 0.15) is 122 Å². The minimum atomic E-state index is -1.08. The van der Waals surface area contributed by atoms with E-state index in [1.54, 1.807) is 4.80 Å². The number of hydrogen-bond donors (Lipinski definition) is 3. The number of amides is 1. The molecule has 8 heteroatoms. The summed E-state index contributed by atoms with van der Waals surface area (Å²) in [7, 11) is 1.91. The van der Waals surface area contributed by atoms with E-state index in [9.17, 15) is 14.4 Å². The van der Waals surface area contributed by atoms with Crippen molar-refractivity contribution in [2.75, 3.05) is 0 Å². The van der Waals surface area contributed by atoms with Gasteiger partial charge in [-0.1, -0.05) is 77.0 Å². The van der Waals surface area contributed by atoms with Gasteiger partial charge in [0.2, 0.25) is 5.91 Å². The van der Waals surface area contributed by atoms with Crippen molar-refractivity contribution in [3.05, 3.63) is 5.82 Å². The van der Waals surface area contributed by atoms with Crippen LogP contribution in [0.3, 0.4) is 0 Å². The standard InChI is InChI=1S/C25H46N4O4/c1-21(30)19-20-22(25(32)33)26-24(31)18-16-14-12-10-8-6-4-3-5-7-9-11-13-15-17-23-27-29(2)28-23/h22H,3-20H2,1-2H3,(H,26,31)(H,27,28)(H,32,33)/t22-/m0/s1. The first-order valence-corrected chi connectivity index (χ1v) is 13.0. The van der Waals surface area contributed by atoms with E-state index in [4.69, 9.17) is 5.11 Å². The van der Waals surface area contributed by atoms with Crippen molar-refractivity contribution in [2.24, 2.45) is 7.05 Å². The molecule has 1 aromatic heterocycles. The molecule has 0 saturated heterocycles. The zero-order chi connectivity index (χ0) is 24.3. The predicted molar refractivity (Wildman–Crippen MR) is 130 cm³/mol. The number of ketones is 1. The van der Waals surface area contributed by atoms with Crippen LogP contribution in [0.25, 0.3) is 0 Å². The molecule has 1 amide bonds. The molecule has 0 spiro atoms. The summed E-state index contributed by atoms with van der Waals surface area (Å²) < 4.78 is 0. The molecule has 0 radical (unpaired) electrons. The average molecular weight is 467 g/mol. The Balaban J connectivity index is 1.82. The number of nitrogens with zero attached hydrogens (tertiary/aromatic N) is 2. The summed E-state index contributed by atoms with van der Waals surface area (Å²) in [5, 5.41) is 19.1. The van der Waals surface area contributed by atoms with Gasteiger partial charge in [0, 0.05) is 26.3 Å². The van der Waals surface area contributed by atoms with Crippen LogP contribution in [-0.4, -0.2) is 43.8 Å². The molecule has 3 N–H and O–H groups in total. The van der Waals surface area contributed by atoms with Crippen LogP contribution in [0.4, 0.5) is 0 Å². The van der Waals surface area contributed by atoms with Gasteiger partial charge < -0.3 is 15.2 Å². The van der Waals surface area contributed by atoms with E-state index >= 15 is 0 Å². The molecule has 1 rings (SSSR count). The van der Waals surface area contributed by atoms with Crippen molar-refractivity contribution in [1.29, 1.82) is 0 Å². The topological polar surface area (TPSA) is 117 Å². The van der Waals surface area contributed by atoms with Crippen LogP contribution in [0, 0.1) is 0 Å². The number of hydrogen-bond acceptors (Lipinski definition) is 4. The van der Waals surface area contributed by atoms with Crippen molar-refractivity contribution < 1.29 is 19.5 Å². The molecular weight excluding hydrogens is 420 g/mol. The van der Waals surface area contributed by atoms with E-state index in [-0.39, 0.29) is 24.5 Å². The number of unbranched alkanes of at least 4 members (excludes halogenated alkanes) is 13. The van der Waals surface area contributed by atoms with Gasteiger partial charge in [-0.25, -0.2) is 9.59 Å². The highest BCUT2D eigenvalue weighted by atomic mass is 16.4. The Morgan fingerprint density at radius 1 is 0.848 bits per heavy atom. The minimum absolute atomic E-state index is 0.0663.